The zero-order valence-corrected chi connectivity index (χ0v) is 13.6. The summed E-state index contributed by atoms with van der Waals surface area (Å²) in [6, 6.07) is 9.61. The minimum Gasteiger partial charge on any atom is -0.491 e. The van der Waals surface area contributed by atoms with E-state index in [2.05, 4.69) is 26.5 Å². The number of pyridine rings is 1. The van der Waals surface area contributed by atoms with Gasteiger partial charge in [0.25, 0.3) is 0 Å². The molecule has 0 bridgehead atoms. The van der Waals surface area contributed by atoms with Crippen molar-refractivity contribution in [1.29, 1.82) is 0 Å². The first-order valence-corrected chi connectivity index (χ1v) is 7.67. The summed E-state index contributed by atoms with van der Waals surface area (Å²) in [5.74, 6) is 1.22. The van der Waals surface area contributed by atoms with E-state index in [0.717, 1.165) is 22.4 Å². The van der Waals surface area contributed by atoms with Gasteiger partial charge in [-0.3, -0.25) is 4.98 Å². The lowest BCUT2D eigenvalue weighted by Gasteiger charge is -2.12. The number of hydrogen-bond acceptors (Lipinski definition) is 6. The summed E-state index contributed by atoms with van der Waals surface area (Å²) in [5.41, 5.74) is 3.03. The third-order valence-electron chi connectivity index (χ3n) is 3.38. The molecule has 1 atom stereocenters. The molecule has 0 spiro atoms. The minimum atomic E-state index is -0.734. The van der Waals surface area contributed by atoms with Gasteiger partial charge in [0.15, 0.2) is 0 Å². The van der Waals surface area contributed by atoms with E-state index in [9.17, 15) is 5.11 Å². The van der Waals surface area contributed by atoms with E-state index in [4.69, 9.17) is 4.74 Å². The molecule has 7 nitrogen and oxygen atoms in total. The molecule has 7 heteroatoms. The van der Waals surface area contributed by atoms with Gasteiger partial charge in [-0.15, -0.1) is 10.2 Å². The van der Waals surface area contributed by atoms with Crippen LogP contribution in [0, 0.1) is 13.8 Å². The highest BCUT2D eigenvalue weighted by atomic mass is 16.5. The fraction of sp³-hybridized carbons (Fsp3) is 0.294. The van der Waals surface area contributed by atoms with E-state index < -0.39 is 6.10 Å². The summed E-state index contributed by atoms with van der Waals surface area (Å²) in [6.07, 6.45) is 2.62. The molecule has 1 aromatic carbocycles. The Morgan fingerprint density at radius 1 is 1.21 bits per heavy atom. The van der Waals surface area contributed by atoms with E-state index in [1.807, 2.05) is 38.1 Å². The molecule has 0 aliphatic rings. The molecule has 0 amide bonds. The summed E-state index contributed by atoms with van der Waals surface area (Å²) in [5, 5.41) is 22.3. The second-order valence-corrected chi connectivity index (χ2v) is 5.70. The Hall–Kier alpha value is -2.80. The Morgan fingerprint density at radius 2 is 2.00 bits per heavy atom. The minimum absolute atomic E-state index is 0.159. The van der Waals surface area contributed by atoms with Gasteiger partial charge in [0, 0.05) is 18.0 Å². The fourth-order valence-corrected chi connectivity index (χ4v) is 2.38. The molecule has 0 aliphatic heterocycles. The Balaban J connectivity index is 1.57. The Kier molecular flexibility index (Phi) is 4.81. The van der Waals surface area contributed by atoms with Crippen molar-refractivity contribution < 1.29 is 9.84 Å². The van der Waals surface area contributed by atoms with Crippen molar-refractivity contribution in [3.05, 3.63) is 53.9 Å². The van der Waals surface area contributed by atoms with Crippen molar-refractivity contribution in [2.75, 3.05) is 6.61 Å². The van der Waals surface area contributed by atoms with Crippen LogP contribution >= 0.6 is 0 Å². The zero-order valence-electron chi connectivity index (χ0n) is 13.6. The van der Waals surface area contributed by atoms with Gasteiger partial charge < -0.3 is 9.84 Å². The number of tetrazole rings is 1. The molecule has 0 saturated heterocycles. The summed E-state index contributed by atoms with van der Waals surface area (Å²) in [6.45, 7) is 4.38. The number of hydrogen-bond donors (Lipinski definition) is 1. The summed E-state index contributed by atoms with van der Waals surface area (Å²) in [7, 11) is 0. The van der Waals surface area contributed by atoms with Crippen LogP contribution in [0.1, 0.15) is 11.1 Å². The molecular formula is C17H19N5O2. The lowest BCUT2D eigenvalue weighted by atomic mass is 10.1. The van der Waals surface area contributed by atoms with E-state index in [1.54, 1.807) is 12.4 Å². The monoisotopic (exact) mass is 325 g/mol. The predicted octanol–water partition coefficient (Wildman–Crippen LogP) is 1.79. The number of aliphatic hydroxyl groups is 1. The van der Waals surface area contributed by atoms with Gasteiger partial charge >= 0.3 is 0 Å². The average molecular weight is 325 g/mol. The molecular weight excluding hydrogens is 306 g/mol. The fourth-order valence-electron chi connectivity index (χ4n) is 2.38. The first kappa shape index (κ1) is 16.1. The number of nitrogens with zero attached hydrogens (tertiary/aromatic N) is 5. The van der Waals surface area contributed by atoms with E-state index in [-0.39, 0.29) is 13.2 Å². The molecule has 2 heterocycles. The Bertz CT molecular complexity index is 784. The van der Waals surface area contributed by atoms with Crippen LogP contribution in [0.2, 0.25) is 0 Å². The highest BCUT2D eigenvalue weighted by Gasteiger charge is 2.11. The van der Waals surface area contributed by atoms with Gasteiger partial charge in [-0.05, 0) is 54.5 Å². The molecule has 0 fully saturated rings. The molecule has 0 aliphatic carbocycles. The van der Waals surface area contributed by atoms with Gasteiger partial charge in [0.1, 0.15) is 18.5 Å². The van der Waals surface area contributed by atoms with Crippen LogP contribution < -0.4 is 4.74 Å². The maximum absolute atomic E-state index is 10.1. The number of benzene rings is 1. The van der Waals surface area contributed by atoms with Crippen molar-refractivity contribution in [3.63, 3.8) is 0 Å². The highest BCUT2D eigenvalue weighted by Crippen LogP contribution is 2.16. The first-order chi connectivity index (χ1) is 11.6. The van der Waals surface area contributed by atoms with Crippen molar-refractivity contribution in [3.8, 4) is 17.1 Å². The molecule has 2 aromatic heterocycles. The number of aryl methyl sites for hydroxylation is 2. The van der Waals surface area contributed by atoms with Crippen molar-refractivity contribution in [2.24, 2.45) is 0 Å². The summed E-state index contributed by atoms with van der Waals surface area (Å²) in [4.78, 5) is 5.38. The maximum Gasteiger partial charge on any atom is 0.206 e. The molecule has 1 unspecified atom stereocenters. The molecule has 24 heavy (non-hydrogen) atoms. The third kappa shape index (κ3) is 4.14. The van der Waals surface area contributed by atoms with Crippen LogP contribution in [0.15, 0.2) is 42.7 Å². The van der Waals surface area contributed by atoms with Crippen LogP contribution in [0.3, 0.4) is 0 Å². The van der Waals surface area contributed by atoms with E-state index >= 15 is 0 Å². The van der Waals surface area contributed by atoms with Gasteiger partial charge in [-0.2, -0.15) is 4.80 Å². The van der Waals surface area contributed by atoms with Crippen LogP contribution in [0.4, 0.5) is 0 Å². The van der Waals surface area contributed by atoms with Gasteiger partial charge in [-0.1, -0.05) is 6.07 Å². The first-order valence-electron chi connectivity index (χ1n) is 7.67. The predicted molar refractivity (Wildman–Crippen MR) is 88.5 cm³/mol. The lowest BCUT2D eigenvalue weighted by molar-refractivity contribution is 0.0849. The van der Waals surface area contributed by atoms with Crippen LogP contribution in [-0.2, 0) is 6.54 Å². The van der Waals surface area contributed by atoms with Gasteiger partial charge in [-0.25, -0.2) is 0 Å². The number of ether oxygens (including phenoxy) is 1. The second kappa shape index (κ2) is 7.18. The van der Waals surface area contributed by atoms with Crippen LogP contribution in [0.5, 0.6) is 5.75 Å². The van der Waals surface area contributed by atoms with Gasteiger partial charge in [0.05, 0.1) is 6.54 Å². The van der Waals surface area contributed by atoms with Crippen LogP contribution in [-0.4, -0.2) is 43.0 Å². The SMILES string of the molecule is Cc1cc(C)cc(OCC(O)Cn2nnc(-c3cccnc3)n2)c1. The molecule has 0 saturated carbocycles. The lowest BCUT2D eigenvalue weighted by Crippen LogP contribution is -2.25. The van der Waals surface area contributed by atoms with Gasteiger partial charge in [0.2, 0.25) is 5.82 Å². The van der Waals surface area contributed by atoms with Crippen molar-refractivity contribution in [2.45, 2.75) is 26.5 Å². The number of aliphatic hydroxyl groups excluding tert-OH is 1. The second-order valence-electron chi connectivity index (χ2n) is 5.70. The Labute approximate surface area is 139 Å². The van der Waals surface area contributed by atoms with Crippen LogP contribution in [0.25, 0.3) is 11.4 Å². The van der Waals surface area contributed by atoms with E-state index in [1.165, 1.54) is 4.80 Å². The topological polar surface area (TPSA) is 86.0 Å². The van der Waals surface area contributed by atoms with E-state index in [0.29, 0.717) is 5.82 Å². The standard InChI is InChI=1S/C17H19N5O2/c1-12-6-13(2)8-16(7-12)24-11-15(23)10-22-20-17(19-21-22)14-4-3-5-18-9-14/h3-9,15,23H,10-11H2,1-2H3. The van der Waals surface area contributed by atoms with Crippen molar-refractivity contribution >= 4 is 0 Å². The Morgan fingerprint density at radius 3 is 2.71 bits per heavy atom. The highest BCUT2D eigenvalue weighted by molar-refractivity contribution is 5.51. The summed E-state index contributed by atoms with van der Waals surface area (Å²) < 4.78 is 5.64. The molecule has 1 N–H and O–H groups in total. The molecule has 0 radical (unpaired) electrons. The third-order valence-corrected chi connectivity index (χ3v) is 3.38. The van der Waals surface area contributed by atoms with Crippen molar-refractivity contribution in [1.82, 2.24) is 25.2 Å². The number of rotatable bonds is 6. The largest absolute Gasteiger partial charge is 0.491 e. The maximum atomic E-state index is 10.1. The smallest absolute Gasteiger partial charge is 0.206 e. The molecule has 124 valence electrons. The molecule has 3 aromatic rings. The quantitative estimate of drug-likeness (QED) is 0.743. The average Bonchev–Trinajstić information content (AvgIpc) is 3.01. The summed E-state index contributed by atoms with van der Waals surface area (Å²) >= 11 is 0. The molecule has 3 rings (SSSR count). The number of aromatic nitrogens is 5. The normalized spacial score (nSPS) is 12.1. The zero-order chi connectivity index (χ0) is 16.9.